The molecule has 5 nitrogen and oxygen atoms in total. The molecule has 0 bridgehead atoms. The number of para-hydroxylation sites is 1. The number of hydrogen-bond donors (Lipinski definition) is 0. The van der Waals surface area contributed by atoms with Crippen molar-refractivity contribution < 1.29 is 9.53 Å². The lowest BCUT2D eigenvalue weighted by Gasteiger charge is -2.24. The summed E-state index contributed by atoms with van der Waals surface area (Å²) in [5.74, 6) is -0.624. The van der Waals surface area contributed by atoms with Gasteiger partial charge < -0.3 is 4.74 Å². The molecule has 23 heavy (non-hydrogen) atoms. The Labute approximate surface area is 146 Å². The van der Waals surface area contributed by atoms with Gasteiger partial charge in [0.05, 0.1) is 11.1 Å². The molecule has 0 unspecified atom stereocenters. The Morgan fingerprint density at radius 1 is 1.04 bits per heavy atom. The number of alkyl halides is 3. The van der Waals surface area contributed by atoms with Crippen molar-refractivity contribution in [2.45, 2.75) is 10.0 Å². The van der Waals surface area contributed by atoms with E-state index in [1.54, 1.807) is 48.5 Å². The van der Waals surface area contributed by atoms with Crippen LogP contribution in [0.2, 0.25) is 0 Å². The van der Waals surface area contributed by atoms with E-state index in [1.807, 2.05) is 6.07 Å². The molecule has 0 amide bonds. The molecule has 0 spiro atoms. The van der Waals surface area contributed by atoms with Crippen LogP contribution in [0.1, 0.15) is 16.6 Å². The van der Waals surface area contributed by atoms with E-state index in [0.29, 0.717) is 16.6 Å². The highest BCUT2D eigenvalue weighted by atomic mass is 35.6. The zero-order valence-corrected chi connectivity index (χ0v) is 13.8. The second-order valence-corrected chi connectivity index (χ2v) is 7.06. The summed E-state index contributed by atoms with van der Waals surface area (Å²) in [5, 5.41) is 7.92. The molecule has 8 heteroatoms. The molecule has 0 saturated carbocycles. The van der Waals surface area contributed by atoms with Gasteiger partial charge in [-0.1, -0.05) is 70.3 Å². The van der Waals surface area contributed by atoms with E-state index in [-0.39, 0.29) is 0 Å². The van der Waals surface area contributed by atoms with Gasteiger partial charge in [0.15, 0.2) is 0 Å². The molecule has 0 N–H and O–H groups in total. The van der Waals surface area contributed by atoms with Gasteiger partial charge in [-0.3, -0.25) is 0 Å². The molecule has 3 aromatic rings. The van der Waals surface area contributed by atoms with E-state index in [0.717, 1.165) is 0 Å². The van der Waals surface area contributed by atoms with Crippen LogP contribution in [0.5, 0.6) is 0 Å². The van der Waals surface area contributed by atoms with Crippen LogP contribution in [-0.4, -0.2) is 24.8 Å². The lowest BCUT2D eigenvalue weighted by molar-refractivity contribution is 0.00717. The molecule has 0 aliphatic heterocycles. The van der Waals surface area contributed by atoms with Crippen LogP contribution in [0.25, 0.3) is 11.0 Å². The molecule has 0 saturated heterocycles. The largest absolute Gasteiger partial charge is 0.431 e. The minimum atomic E-state index is -1.92. The van der Waals surface area contributed by atoms with Gasteiger partial charge in [-0.2, -0.15) is 0 Å². The Hall–Kier alpha value is -1.82. The van der Waals surface area contributed by atoms with Crippen molar-refractivity contribution in [1.82, 2.24) is 15.0 Å². The molecule has 118 valence electrons. The predicted octanol–water partition coefficient (Wildman–Crippen LogP) is 4.16. The minimum absolute atomic E-state index is 0.344. The fraction of sp³-hybridized carbons (Fsp3) is 0.133. The van der Waals surface area contributed by atoms with Gasteiger partial charge in [-0.05, 0) is 24.3 Å². The van der Waals surface area contributed by atoms with Crippen molar-refractivity contribution in [3.63, 3.8) is 0 Å². The normalized spacial score (nSPS) is 13.0. The van der Waals surface area contributed by atoms with E-state index >= 15 is 0 Å². The summed E-state index contributed by atoms with van der Waals surface area (Å²) in [5.41, 5.74) is 1.53. The highest BCUT2D eigenvalue weighted by molar-refractivity contribution is 6.67. The third kappa shape index (κ3) is 3.42. The third-order valence-corrected chi connectivity index (χ3v) is 3.67. The summed E-state index contributed by atoms with van der Waals surface area (Å²) in [4.78, 5) is 12.3. The van der Waals surface area contributed by atoms with Gasteiger partial charge in [0.1, 0.15) is 5.52 Å². The van der Waals surface area contributed by atoms with Crippen LogP contribution < -0.4 is 0 Å². The van der Waals surface area contributed by atoms with E-state index in [9.17, 15) is 4.79 Å². The predicted molar refractivity (Wildman–Crippen MR) is 88.7 cm³/mol. The average Bonchev–Trinajstić information content (AvgIpc) is 2.96. The summed E-state index contributed by atoms with van der Waals surface area (Å²) in [6, 6.07) is 15.5. The fourth-order valence-corrected chi connectivity index (χ4v) is 2.47. The second-order valence-electron chi connectivity index (χ2n) is 4.69. The molecule has 1 aromatic heterocycles. The topological polar surface area (TPSA) is 57.0 Å². The number of nitrogens with zero attached hydrogens (tertiary/aromatic N) is 3. The van der Waals surface area contributed by atoms with Crippen molar-refractivity contribution in [2.24, 2.45) is 0 Å². The number of aromatic nitrogens is 3. The summed E-state index contributed by atoms with van der Waals surface area (Å²) < 4.78 is 4.74. The number of carbonyl (C=O) groups is 1. The quantitative estimate of drug-likeness (QED) is 0.513. The Balaban J connectivity index is 1.98. The number of rotatable bonds is 3. The Morgan fingerprint density at radius 2 is 1.70 bits per heavy atom. The SMILES string of the molecule is O=C(O[C@@H](n1nnc2ccccc21)C(Cl)(Cl)Cl)c1ccccc1. The summed E-state index contributed by atoms with van der Waals surface area (Å²) in [6.45, 7) is 0. The first-order valence-electron chi connectivity index (χ1n) is 6.59. The van der Waals surface area contributed by atoms with Crippen molar-refractivity contribution >= 4 is 51.8 Å². The van der Waals surface area contributed by atoms with E-state index < -0.39 is 16.0 Å². The number of hydrogen-bond acceptors (Lipinski definition) is 4. The standard InChI is InChI=1S/C15H10Cl3N3O2/c16-15(17,18)14(23-13(22)10-6-2-1-3-7-10)21-12-9-5-4-8-11(12)19-20-21/h1-9,14H/t14-/m1/s1. The van der Waals surface area contributed by atoms with Gasteiger partial charge in [-0.15, -0.1) is 5.10 Å². The maximum atomic E-state index is 12.3. The molecular weight excluding hydrogens is 361 g/mol. The van der Waals surface area contributed by atoms with Gasteiger partial charge in [0, 0.05) is 0 Å². The highest BCUT2D eigenvalue weighted by Crippen LogP contribution is 2.40. The summed E-state index contributed by atoms with van der Waals surface area (Å²) in [7, 11) is 0. The van der Waals surface area contributed by atoms with Crippen LogP contribution in [0.4, 0.5) is 0 Å². The van der Waals surface area contributed by atoms with Crippen molar-refractivity contribution in [3.8, 4) is 0 Å². The molecule has 0 radical (unpaired) electrons. The van der Waals surface area contributed by atoms with Crippen LogP contribution in [0, 0.1) is 0 Å². The molecule has 2 aromatic carbocycles. The first-order valence-corrected chi connectivity index (χ1v) is 7.73. The number of fused-ring (bicyclic) bond motifs is 1. The number of esters is 1. The number of carbonyl (C=O) groups excluding carboxylic acids is 1. The molecule has 0 fully saturated rings. The Morgan fingerprint density at radius 3 is 2.39 bits per heavy atom. The zero-order valence-electron chi connectivity index (χ0n) is 11.6. The zero-order chi connectivity index (χ0) is 16.4. The maximum absolute atomic E-state index is 12.3. The lowest BCUT2D eigenvalue weighted by Crippen LogP contribution is -2.29. The van der Waals surface area contributed by atoms with Crippen molar-refractivity contribution in [2.75, 3.05) is 0 Å². The van der Waals surface area contributed by atoms with Crippen LogP contribution in [0.15, 0.2) is 54.6 Å². The number of halogens is 3. The summed E-state index contributed by atoms with van der Waals surface area (Å²) >= 11 is 18.0. The highest BCUT2D eigenvalue weighted by Gasteiger charge is 2.39. The second kappa shape index (κ2) is 6.35. The van der Waals surface area contributed by atoms with E-state index in [4.69, 9.17) is 39.5 Å². The third-order valence-electron chi connectivity index (χ3n) is 3.11. The molecule has 1 heterocycles. The lowest BCUT2D eigenvalue weighted by atomic mass is 10.2. The Bertz CT molecular complexity index is 831. The molecule has 1 atom stereocenters. The minimum Gasteiger partial charge on any atom is -0.431 e. The van der Waals surface area contributed by atoms with Gasteiger partial charge in [0.25, 0.3) is 0 Å². The first-order chi connectivity index (χ1) is 11.0. The fourth-order valence-electron chi connectivity index (χ4n) is 2.06. The molecule has 3 rings (SSSR count). The maximum Gasteiger partial charge on any atom is 0.340 e. The van der Waals surface area contributed by atoms with Crippen LogP contribution in [0.3, 0.4) is 0 Å². The molecule has 0 aliphatic rings. The number of ether oxygens (including phenoxy) is 1. The van der Waals surface area contributed by atoms with Gasteiger partial charge in [0.2, 0.25) is 10.0 Å². The van der Waals surface area contributed by atoms with E-state index in [2.05, 4.69) is 10.3 Å². The van der Waals surface area contributed by atoms with E-state index in [1.165, 1.54) is 4.68 Å². The Kier molecular flexibility index (Phi) is 4.43. The van der Waals surface area contributed by atoms with Crippen molar-refractivity contribution in [1.29, 1.82) is 0 Å². The smallest absolute Gasteiger partial charge is 0.340 e. The molecular formula is C15H10Cl3N3O2. The van der Waals surface area contributed by atoms with Crippen LogP contribution in [-0.2, 0) is 4.74 Å². The molecule has 0 aliphatic carbocycles. The average molecular weight is 371 g/mol. The van der Waals surface area contributed by atoms with Crippen molar-refractivity contribution in [3.05, 3.63) is 60.2 Å². The number of benzene rings is 2. The monoisotopic (exact) mass is 369 g/mol. The summed E-state index contributed by atoms with van der Waals surface area (Å²) in [6.07, 6.45) is -1.26. The van der Waals surface area contributed by atoms with Gasteiger partial charge in [-0.25, -0.2) is 9.48 Å². The first kappa shape index (κ1) is 16.1. The van der Waals surface area contributed by atoms with Gasteiger partial charge >= 0.3 is 5.97 Å². The van der Waals surface area contributed by atoms with Crippen LogP contribution >= 0.6 is 34.8 Å².